The summed E-state index contributed by atoms with van der Waals surface area (Å²) in [5.74, 6) is 0.340. The fourth-order valence-electron chi connectivity index (χ4n) is 1.13. The zero-order valence-electron chi connectivity index (χ0n) is 7.47. The molecule has 0 bridgehead atoms. The monoisotopic (exact) mass is 165 g/mol. The molecule has 1 N–H and O–H groups in total. The molecule has 0 fully saturated rings. The molecule has 1 heterocycles. The van der Waals surface area contributed by atoms with Gasteiger partial charge in [-0.1, -0.05) is 19.1 Å². The molecule has 1 rings (SSSR count). The summed E-state index contributed by atoms with van der Waals surface area (Å²) in [6.07, 6.45) is 9.30. The Labute approximate surface area is 73.4 Å². The number of dihydropyridines is 1. The van der Waals surface area contributed by atoms with E-state index in [2.05, 4.69) is 17.5 Å². The Kier molecular flexibility index (Phi) is 3.58. The van der Waals surface area contributed by atoms with Crippen molar-refractivity contribution in [3.8, 4) is 0 Å². The van der Waals surface area contributed by atoms with Crippen molar-refractivity contribution in [3.63, 3.8) is 0 Å². The first-order valence-electron chi connectivity index (χ1n) is 4.45. The Bertz CT molecular complexity index is 216. The van der Waals surface area contributed by atoms with Crippen LogP contribution in [0.3, 0.4) is 0 Å². The van der Waals surface area contributed by atoms with Crippen LogP contribution in [0.15, 0.2) is 24.0 Å². The molecule has 0 aliphatic carbocycles. The first-order chi connectivity index (χ1) is 5.83. The lowest BCUT2D eigenvalue weighted by molar-refractivity contribution is -0.118. The molecule has 0 aromatic carbocycles. The van der Waals surface area contributed by atoms with Crippen LogP contribution in [0.1, 0.15) is 32.6 Å². The summed E-state index contributed by atoms with van der Waals surface area (Å²) in [6, 6.07) is 0. The molecule has 0 spiro atoms. The van der Waals surface area contributed by atoms with Crippen LogP contribution < -0.4 is 5.32 Å². The van der Waals surface area contributed by atoms with Crippen molar-refractivity contribution >= 4 is 5.78 Å². The van der Waals surface area contributed by atoms with Crippen LogP contribution in [0.4, 0.5) is 0 Å². The van der Waals surface area contributed by atoms with E-state index in [9.17, 15) is 4.79 Å². The van der Waals surface area contributed by atoms with Gasteiger partial charge < -0.3 is 5.32 Å². The van der Waals surface area contributed by atoms with E-state index in [1.807, 2.05) is 13.1 Å². The van der Waals surface area contributed by atoms with E-state index in [-0.39, 0.29) is 0 Å². The van der Waals surface area contributed by atoms with E-state index < -0.39 is 0 Å². The molecule has 0 atom stereocenters. The van der Waals surface area contributed by atoms with Gasteiger partial charge in [-0.15, -0.1) is 0 Å². The van der Waals surface area contributed by atoms with Crippen molar-refractivity contribution in [2.45, 2.75) is 32.6 Å². The van der Waals surface area contributed by atoms with Gasteiger partial charge in [0, 0.05) is 18.5 Å². The standard InChI is InChI=1S/C10H15NO/c1-2-10(12)7-6-9-5-3-4-8-11-9/h4-5,8,11H,2-3,6-7H2,1H3. The Morgan fingerprint density at radius 3 is 3.08 bits per heavy atom. The normalized spacial score (nSPS) is 15.2. The summed E-state index contributed by atoms with van der Waals surface area (Å²) in [5.41, 5.74) is 1.18. The Morgan fingerprint density at radius 1 is 1.67 bits per heavy atom. The van der Waals surface area contributed by atoms with Crippen LogP contribution >= 0.6 is 0 Å². The van der Waals surface area contributed by atoms with E-state index in [0.717, 1.165) is 12.8 Å². The maximum atomic E-state index is 11.0. The van der Waals surface area contributed by atoms with Gasteiger partial charge in [-0.05, 0) is 19.0 Å². The molecule has 12 heavy (non-hydrogen) atoms. The molecule has 66 valence electrons. The highest BCUT2D eigenvalue weighted by Crippen LogP contribution is 2.08. The molecular weight excluding hydrogens is 150 g/mol. The smallest absolute Gasteiger partial charge is 0.133 e. The van der Waals surface area contributed by atoms with Crippen LogP contribution in [0.5, 0.6) is 0 Å². The summed E-state index contributed by atoms with van der Waals surface area (Å²) in [4.78, 5) is 11.0. The van der Waals surface area contributed by atoms with E-state index >= 15 is 0 Å². The van der Waals surface area contributed by atoms with Gasteiger partial charge in [0.15, 0.2) is 0 Å². The van der Waals surface area contributed by atoms with E-state index in [0.29, 0.717) is 18.6 Å². The third-order valence-electron chi connectivity index (χ3n) is 1.95. The Morgan fingerprint density at radius 2 is 2.50 bits per heavy atom. The Balaban J connectivity index is 2.23. The molecule has 0 amide bonds. The molecular formula is C10H15NO. The van der Waals surface area contributed by atoms with Gasteiger partial charge in [0.25, 0.3) is 0 Å². The minimum Gasteiger partial charge on any atom is -0.366 e. The predicted molar refractivity (Wildman–Crippen MR) is 49.5 cm³/mol. The third kappa shape index (κ3) is 2.91. The molecule has 0 saturated carbocycles. The predicted octanol–water partition coefficient (Wildman–Crippen LogP) is 2.14. The second kappa shape index (κ2) is 4.75. The van der Waals surface area contributed by atoms with Crippen LogP contribution in [0.25, 0.3) is 0 Å². The average molecular weight is 165 g/mol. The van der Waals surface area contributed by atoms with Crippen LogP contribution in [0, 0.1) is 0 Å². The molecule has 1 aliphatic heterocycles. The molecule has 1 aliphatic rings. The quantitative estimate of drug-likeness (QED) is 0.691. The number of allylic oxidation sites excluding steroid dienone is 3. The average Bonchev–Trinajstić information content (AvgIpc) is 2.16. The lowest BCUT2D eigenvalue weighted by atomic mass is 10.1. The fourth-order valence-corrected chi connectivity index (χ4v) is 1.13. The molecule has 0 aromatic rings. The number of hydrogen-bond donors (Lipinski definition) is 1. The summed E-state index contributed by atoms with van der Waals surface area (Å²) >= 11 is 0. The first kappa shape index (κ1) is 9.04. The highest BCUT2D eigenvalue weighted by atomic mass is 16.1. The van der Waals surface area contributed by atoms with Crippen molar-refractivity contribution in [2.24, 2.45) is 0 Å². The van der Waals surface area contributed by atoms with Crippen molar-refractivity contribution in [3.05, 3.63) is 24.0 Å². The summed E-state index contributed by atoms with van der Waals surface area (Å²) in [6.45, 7) is 1.91. The Hall–Kier alpha value is -1.05. The molecule has 0 radical (unpaired) electrons. The highest BCUT2D eigenvalue weighted by Gasteiger charge is 2.01. The molecule has 0 aromatic heterocycles. The number of Topliss-reactive ketones (excluding diaryl/α,β-unsaturated/α-hetero) is 1. The van der Waals surface area contributed by atoms with Crippen LogP contribution in [-0.4, -0.2) is 5.78 Å². The maximum absolute atomic E-state index is 11.0. The van der Waals surface area contributed by atoms with Crippen LogP contribution in [0.2, 0.25) is 0 Å². The van der Waals surface area contributed by atoms with Gasteiger partial charge >= 0.3 is 0 Å². The van der Waals surface area contributed by atoms with Gasteiger partial charge in [-0.3, -0.25) is 4.79 Å². The lowest BCUT2D eigenvalue weighted by Crippen LogP contribution is -2.09. The fraction of sp³-hybridized carbons (Fsp3) is 0.500. The van der Waals surface area contributed by atoms with Gasteiger partial charge in [0.1, 0.15) is 5.78 Å². The molecule has 0 unspecified atom stereocenters. The minimum atomic E-state index is 0.340. The minimum absolute atomic E-state index is 0.340. The summed E-state index contributed by atoms with van der Waals surface area (Å²) in [7, 11) is 0. The molecule has 2 nitrogen and oxygen atoms in total. The van der Waals surface area contributed by atoms with E-state index in [1.54, 1.807) is 0 Å². The van der Waals surface area contributed by atoms with Crippen molar-refractivity contribution in [2.75, 3.05) is 0 Å². The maximum Gasteiger partial charge on any atom is 0.133 e. The van der Waals surface area contributed by atoms with Crippen LogP contribution in [-0.2, 0) is 4.79 Å². The number of nitrogens with one attached hydrogen (secondary N) is 1. The lowest BCUT2D eigenvalue weighted by Gasteiger charge is -2.09. The number of carbonyl (C=O) groups is 1. The summed E-state index contributed by atoms with van der Waals surface area (Å²) < 4.78 is 0. The molecule has 2 heteroatoms. The number of carbonyl (C=O) groups excluding carboxylic acids is 1. The topological polar surface area (TPSA) is 29.1 Å². The molecule has 0 saturated heterocycles. The zero-order valence-corrected chi connectivity index (χ0v) is 7.47. The van der Waals surface area contributed by atoms with Gasteiger partial charge in [0.2, 0.25) is 0 Å². The van der Waals surface area contributed by atoms with E-state index in [1.165, 1.54) is 5.70 Å². The van der Waals surface area contributed by atoms with Gasteiger partial charge in [-0.25, -0.2) is 0 Å². The second-order valence-electron chi connectivity index (χ2n) is 2.90. The third-order valence-corrected chi connectivity index (χ3v) is 1.95. The number of ketones is 1. The van der Waals surface area contributed by atoms with Crippen molar-refractivity contribution in [1.29, 1.82) is 0 Å². The van der Waals surface area contributed by atoms with Crippen molar-refractivity contribution in [1.82, 2.24) is 5.32 Å². The van der Waals surface area contributed by atoms with Crippen molar-refractivity contribution < 1.29 is 4.79 Å². The van der Waals surface area contributed by atoms with E-state index in [4.69, 9.17) is 0 Å². The van der Waals surface area contributed by atoms with Gasteiger partial charge in [0.05, 0.1) is 0 Å². The SMILES string of the molecule is CCC(=O)CCC1=CCC=CN1. The first-order valence-corrected chi connectivity index (χ1v) is 4.45. The number of rotatable bonds is 4. The second-order valence-corrected chi connectivity index (χ2v) is 2.90. The summed E-state index contributed by atoms with van der Waals surface area (Å²) in [5, 5.41) is 3.13. The number of hydrogen-bond acceptors (Lipinski definition) is 2. The largest absolute Gasteiger partial charge is 0.366 e. The van der Waals surface area contributed by atoms with Gasteiger partial charge in [-0.2, -0.15) is 0 Å². The zero-order chi connectivity index (χ0) is 8.81. The highest BCUT2D eigenvalue weighted by molar-refractivity contribution is 5.78.